The van der Waals surface area contributed by atoms with Crippen LogP contribution in [0.5, 0.6) is 0 Å². The summed E-state index contributed by atoms with van der Waals surface area (Å²) in [6.45, 7) is 0.606. The van der Waals surface area contributed by atoms with E-state index in [1.54, 1.807) is 11.4 Å². The molecule has 0 bridgehead atoms. The molecule has 1 unspecified atom stereocenters. The zero-order valence-electron chi connectivity index (χ0n) is 9.86. The number of nitrogens with one attached hydrogen (secondary N) is 1. The van der Waals surface area contributed by atoms with Gasteiger partial charge in [0.15, 0.2) is 17.7 Å². The summed E-state index contributed by atoms with van der Waals surface area (Å²) in [6.07, 6.45) is -6.27. The molecule has 2 rings (SSSR count). The maximum Gasteiger partial charge on any atom is 0.414 e. The molecule has 0 amide bonds. The Morgan fingerprint density at radius 2 is 2.21 bits per heavy atom. The van der Waals surface area contributed by atoms with E-state index in [0.717, 1.165) is 12.3 Å². The molecule has 0 aromatic carbocycles. The van der Waals surface area contributed by atoms with Gasteiger partial charge in [-0.3, -0.25) is 0 Å². The normalized spacial score (nSPS) is 13.7. The maximum atomic E-state index is 12.3. The van der Waals surface area contributed by atoms with Crippen molar-refractivity contribution < 1.29 is 17.9 Å². The molecule has 19 heavy (non-hydrogen) atoms. The summed E-state index contributed by atoms with van der Waals surface area (Å²) in [5.41, 5.74) is 2.39. The van der Waals surface area contributed by atoms with Gasteiger partial charge in [0, 0.05) is 0 Å². The highest BCUT2D eigenvalue weighted by Gasteiger charge is 2.37. The maximum absolute atomic E-state index is 12.3. The van der Waals surface area contributed by atoms with Gasteiger partial charge in [0.2, 0.25) is 0 Å². The average molecular weight is 292 g/mol. The van der Waals surface area contributed by atoms with E-state index in [1.165, 1.54) is 11.3 Å². The summed E-state index contributed by atoms with van der Waals surface area (Å²) in [4.78, 5) is 8.77. The molecule has 0 saturated heterocycles. The smallest absolute Gasteiger partial charge is 0.361 e. The number of thiophene rings is 1. The Kier molecular flexibility index (Phi) is 3.88. The monoisotopic (exact) mass is 292 g/mol. The van der Waals surface area contributed by atoms with Gasteiger partial charge in [0.05, 0.1) is 5.39 Å². The molecule has 9 heteroatoms. The Morgan fingerprint density at radius 1 is 1.47 bits per heavy atom. The number of fused-ring (bicyclic) bond motifs is 1. The zero-order chi connectivity index (χ0) is 14.0. The van der Waals surface area contributed by atoms with Crippen LogP contribution >= 0.6 is 11.3 Å². The number of nitrogens with zero attached hydrogens (tertiary/aromatic N) is 2. The molecule has 0 fully saturated rings. The first-order valence-electron chi connectivity index (χ1n) is 5.31. The Hall–Kier alpha value is -1.45. The van der Waals surface area contributed by atoms with Crippen LogP contribution in [0.3, 0.4) is 0 Å². The number of halogens is 3. The van der Waals surface area contributed by atoms with Gasteiger partial charge >= 0.3 is 6.18 Å². The van der Waals surface area contributed by atoms with Crippen LogP contribution in [0.1, 0.15) is 12.7 Å². The third-order valence-electron chi connectivity index (χ3n) is 2.43. The molecule has 2 heterocycles. The van der Waals surface area contributed by atoms with Crippen LogP contribution in [0.2, 0.25) is 0 Å². The molecule has 0 saturated carbocycles. The van der Waals surface area contributed by atoms with Gasteiger partial charge in [0.1, 0.15) is 11.4 Å². The average Bonchev–Trinajstić information content (AvgIpc) is 2.81. The van der Waals surface area contributed by atoms with Crippen LogP contribution in [0.25, 0.3) is 10.2 Å². The van der Waals surface area contributed by atoms with E-state index in [-0.39, 0.29) is 12.4 Å². The third-order valence-corrected chi connectivity index (χ3v) is 3.24. The largest absolute Gasteiger partial charge is 0.414 e. The first-order valence-corrected chi connectivity index (χ1v) is 6.19. The van der Waals surface area contributed by atoms with Crippen LogP contribution in [0, 0.1) is 0 Å². The van der Waals surface area contributed by atoms with Crippen molar-refractivity contribution in [3.63, 3.8) is 0 Å². The van der Waals surface area contributed by atoms with E-state index in [2.05, 4.69) is 15.4 Å². The first-order chi connectivity index (χ1) is 8.91. The van der Waals surface area contributed by atoms with Crippen LogP contribution in [-0.4, -0.2) is 22.2 Å². The molecule has 0 spiro atoms. The SMILES string of the molecule is CC(OCc1nc(NN)c2ccsc2n1)C(F)(F)F. The second-order valence-corrected chi connectivity index (χ2v) is 4.66. The summed E-state index contributed by atoms with van der Waals surface area (Å²) < 4.78 is 41.6. The number of hydrogen-bond donors (Lipinski definition) is 2. The Balaban J connectivity index is 2.17. The summed E-state index contributed by atoms with van der Waals surface area (Å²) in [6, 6.07) is 1.78. The van der Waals surface area contributed by atoms with Gasteiger partial charge in [-0.05, 0) is 18.4 Å². The molecule has 5 nitrogen and oxygen atoms in total. The number of nitrogen functional groups attached to an aromatic ring is 1. The summed E-state index contributed by atoms with van der Waals surface area (Å²) >= 11 is 1.35. The van der Waals surface area contributed by atoms with Crippen molar-refractivity contribution in [3.8, 4) is 0 Å². The second-order valence-electron chi connectivity index (χ2n) is 3.77. The lowest BCUT2D eigenvalue weighted by Gasteiger charge is -2.15. The van der Waals surface area contributed by atoms with Crippen LogP contribution < -0.4 is 11.3 Å². The molecule has 2 aromatic rings. The van der Waals surface area contributed by atoms with Crippen molar-refractivity contribution >= 4 is 27.4 Å². The minimum absolute atomic E-state index is 0.152. The number of rotatable bonds is 4. The van der Waals surface area contributed by atoms with Crippen LogP contribution in [0.4, 0.5) is 19.0 Å². The predicted octanol–water partition coefficient (Wildman–Crippen LogP) is 2.44. The summed E-state index contributed by atoms with van der Waals surface area (Å²) in [5, 5.41) is 2.52. The van der Waals surface area contributed by atoms with Crippen molar-refractivity contribution in [2.75, 3.05) is 5.43 Å². The van der Waals surface area contributed by atoms with Crippen molar-refractivity contribution in [1.82, 2.24) is 9.97 Å². The minimum Gasteiger partial charge on any atom is -0.361 e. The van der Waals surface area contributed by atoms with Gasteiger partial charge in [-0.25, -0.2) is 15.8 Å². The van der Waals surface area contributed by atoms with E-state index in [4.69, 9.17) is 10.6 Å². The minimum atomic E-state index is -4.40. The predicted molar refractivity (Wildman–Crippen MR) is 65.5 cm³/mol. The number of aromatic nitrogens is 2. The van der Waals surface area contributed by atoms with Crippen LogP contribution in [0.15, 0.2) is 11.4 Å². The Bertz CT molecular complexity index is 571. The topological polar surface area (TPSA) is 73.1 Å². The molecule has 0 aliphatic carbocycles. The fourth-order valence-corrected chi connectivity index (χ4v) is 2.15. The quantitative estimate of drug-likeness (QED) is 0.669. The van der Waals surface area contributed by atoms with Gasteiger partial charge in [-0.2, -0.15) is 13.2 Å². The van der Waals surface area contributed by atoms with Gasteiger partial charge in [-0.15, -0.1) is 11.3 Å². The number of anilines is 1. The number of hydrazine groups is 1. The van der Waals surface area contributed by atoms with E-state index in [1.807, 2.05) is 0 Å². The highest BCUT2D eigenvalue weighted by atomic mass is 32.1. The summed E-state index contributed by atoms with van der Waals surface area (Å²) in [7, 11) is 0. The Labute approximate surface area is 110 Å². The lowest BCUT2D eigenvalue weighted by molar-refractivity contribution is -0.217. The van der Waals surface area contributed by atoms with Gasteiger partial charge in [0.25, 0.3) is 0 Å². The van der Waals surface area contributed by atoms with E-state index in [0.29, 0.717) is 10.6 Å². The third kappa shape index (κ3) is 3.11. The highest BCUT2D eigenvalue weighted by molar-refractivity contribution is 7.16. The van der Waals surface area contributed by atoms with Crippen molar-refractivity contribution in [1.29, 1.82) is 0 Å². The number of hydrogen-bond acceptors (Lipinski definition) is 6. The first kappa shape index (κ1) is 14.0. The van der Waals surface area contributed by atoms with E-state index in [9.17, 15) is 13.2 Å². The molecular formula is C10H11F3N4OS. The zero-order valence-corrected chi connectivity index (χ0v) is 10.7. The summed E-state index contributed by atoms with van der Waals surface area (Å²) in [5.74, 6) is 5.83. The lowest BCUT2D eigenvalue weighted by Crippen LogP contribution is -2.28. The van der Waals surface area contributed by atoms with E-state index >= 15 is 0 Å². The van der Waals surface area contributed by atoms with Gasteiger partial charge < -0.3 is 10.2 Å². The molecule has 104 valence electrons. The fourth-order valence-electron chi connectivity index (χ4n) is 1.37. The molecule has 0 aliphatic rings. The molecule has 0 aliphatic heterocycles. The van der Waals surface area contributed by atoms with Crippen molar-refractivity contribution in [3.05, 3.63) is 17.3 Å². The highest BCUT2D eigenvalue weighted by Crippen LogP contribution is 2.26. The van der Waals surface area contributed by atoms with Crippen LogP contribution in [-0.2, 0) is 11.3 Å². The van der Waals surface area contributed by atoms with Crippen molar-refractivity contribution in [2.45, 2.75) is 25.8 Å². The number of alkyl halides is 3. The molecule has 3 N–H and O–H groups in total. The molecule has 1 atom stereocenters. The molecular weight excluding hydrogens is 281 g/mol. The Morgan fingerprint density at radius 3 is 2.84 bits per heavy atom. The van der Waals surface area contributed by atoms with E-state index < -0.39 is 12.3 Å². The molecule has 0 radical (unpaired) electrons. The number of nitrogens with two attached hydrogens (primary N) is 1. The number of ether oxygens (including phenoxy) is 1. The van der Waals surface area contributed by atoms with Gasteiger partial charge in [-0.1, -0.05) is 0 Å². The standard InChI is InChI=1S/C10H11F3N4OS/c1-5(10(11,12)13)18-4-7-15-8(17-14)6-2-3-19-9(6)16-7/h2-3,5H,4,14H2,1H3,(H,15,16,17). The molecule has 2 aromatic heterocycles. The van der Waals surface area contributed by atoms with Crippen molar-refractivity contribution in [2.24, 2.45) is 5.84 Å². The fraction of sp³-hybridized carbons (Fsp3) is 0.400. The lowest BCUT2D eigenvalue weighted by atomic mass is 10.3. The second kappa shape index (κ2) is 5.27.